The van der Waals surface area contributed by atoms with Gasteiger partial charge < -0.3 is 14.7 Å². The standard InChI is InChI=1S/C18H21N3O4/c1-13-4-2-6-16(8-13)25-12-17(22)20-7-3-5-15(11-20)21-10-14(9-19-21)18(23)24/h2,4,6,8-10,15H,3,5,7,11-12H2,1H3,(H,23,24)/t15-/m1/s1. The number of carbonyl (C=O) groups is 2. The number of rotatable bonds is 5. The van der Waals surface area contributed by atoms with Gasteiger partial charge in [0, 0.05) is 19.3 Å². The van der Waals surface area contributed by atoms with E-state index >= 15 is 0 Å². The third-order valence-electron chi connectivity index (χ3n) is 4.32. The Morgan fingerprint density at radius 1 is 1.40 bits per heavy atom. The molecule has 1 fully saturated rings. The van der Waals surface area contributed by atoms with Crippen molar-refractivity contribution in [1.82, 2.24) is 14.7 Å². The van der Waals surface area contributed by atoms with Crippen LogP contribution in [-0.2, 0) is 4.79 Å². The molecule has 0 unspecified atom stereocenters. The van der Waals surface area contributed by atoms with E-state index < -0.39 is 5.97 Å². The van der Waals surface area contributed by atoms with Crippen molar-refractivity contribution in [1.29, 1.82) is 0 Å². The number of hydrogen-bond donors (Lipinski definition) is 1. The highest BCUT2D eigenvalue weighted by Gasteiger charge is 2.26. The third kappa shape index (κ3) is 4.17. The summed E-state index contributed by atoms with van der Waals surface area (Å²) >= 11 is 0. The second kappa shape index (κ2) is 7.38. The van der Waals surface area contributed by atoms with Crippen LogP contribution < -0.4 is 4.74 Å². The molecule has 0 aliphatic carbocycles. The Balaban J connectivity index is 1.58. The van der Waals surface area contributed by atoms with Crippen molar-refractivity contribution in [2.24, 2.45) is 0 Å². The summed E-state index contributed by atoms with van der Waals surface area (Å²) < 4.78 is 7.23. The lowest BCUT2D eigenvalue weighted by molar-refractivity contribution is -0.135. The summed E-state index contributed by atoms with van der Waals surface area (Å²) in [4.78, 5) is 25.2. The van der Waals surface area contributed by atoms with Crippen molar-refractivity contribution in [3.63, 3.8) is 0 Å². The molecule has 1 atom stereocenters. The molecule has 7 heteroatoms. The summed E-state index contributed by atoms with van der Waals surface area (Å²) in [5.74, 6) is -0.390. The number of carbonyl (C=O) groups excluding carboxylic acids is 1. The van der Waals surface area contributed by atoms with Gasteiger partial charge in [0.15, 0.2) is 6.61 Å². The zero-order chi connectivity index (χ0) is 17.8. The molecule has 1 N–H and O–H groups in total. The minimum Gasteiger partial charge on any atom is -0.484 e. The fourth-order valence-corrected chi connectivity index (χ4v) is 2.99. The van der Waals surface area contributed by atoms with Gasteiger partial charge in [-0.3, -0.25) is 9.48 Å². The maximum atomic E-state index is 12.4. The summed E-state index contributed by atoms with van der Waals surface area (Å²) in [6.45, 7) is 3.16. The van der Waals surface area contributed by atoms with Crippen molar-refractivity contribution < 1.29 is 19.4 Å². The fourth-order valence-electron chi connectivity index (χ4n) is 2.99. The van der Waals surface area contributed by atoms with Crippen molar-refractivity contribution >= 4 is 11.9 Å². The van der Waals surface area contributed by atoms with Gasteiger partial charge in [-0.15, -0.1) is 0 Å². The Hall–Kier alpha value is -2.83. The number of likely N-dealkylation sites (tertiary alicyclic amines) is 1. The van der Waals surface area contributed by atoms with Crippen LogP contribution in [0.2, 0.25) is 0 Å². The number of aromatic nitrogens is 2. The van der Waals surface area contributed by atoms with Crippen molar-refractivity contribution in [3.8, 4) is 5.75 Å². The summed E-state index contributed by atoms with van der Waals surface area (Å²) in [5.41, 5.74) is 1.24. The van der Waals surface area contributed by atoms with Crippen LogP contribution >= 0.6 is 0 Å². The van der Waals surface area contributed by atoms with Crippen LogP contribution in [0, 0.1) is 6.92 Å². The van der Waals surface area contributed by atoms with E-state index in [4.69, 9.17) is 9.84 Å². The monoisotopic (exact) mass is 343 g/mol. The molecule has 1 amide bonds. The average molecular weight is 343 g/mol. The van der Waals surface area contributed by atoms with E-state index in [1.165, 1.54) is 12.4 Å². The maximum Gasteiger partial charge on any atom is 0.338 e. The number of carboxylic acids is 1. The zero-order valence-corrected chi connectivity index (χ0v) is 14.1. The second-order valence-electron chi connectivity index (χ2n) is 6.26. The summed E-state index contributed by atoms with van der Waals surface area (Å²) in [5, 5.41) is 13.1. The number of ether oxygens (including phenoxy) is 1. The molecule has 0 saturated carbocycles. The normalized spacial score (nSPS) is 17.3. The van der Waals surface area contributed by atoms with Crippen molar-refractivity contribution in [2.45, 2.75) is 25.8 Å². The number of hydrogen-bond acceptors (Lipinski definition) is 4. The molecule has 132 valence electrons. The lowest BCUT2D eigenvalue weighted by atomic mass is 10.1. The average Bonchev–Trinajstić information content (AvgIpc) is 3.10. The van der Waals surface area contributed by atoms with E-state index in [2.05, 4.69) is 5.10 Å². The van der Waals surface area contributed by atoms with Crippen LogP contribution in [0.4, 0.5) is 0 Å². The molecular weight excluding hydrogens is 322 g/mol. The van der Waals surface area contributed by atoms with Crippen LogP contribution in [0.25, 0.3) is 0 Å². The lowest BCUT2D eigenvalue weighted by Gasteiger charge is -2.32. The highest BCUT2D eigenvalue weighted by molar-refractivity contribution is 5.86. The van der Waals surface area contributed by atoms with Gasteiger partial charge in [-0.2, -0.15) is 5.10 Å². The van der Waals surface area contributed by atoms with Gasteiger partial charge in [-0.25, -0.2) is 4.79 Å². The van der Waals surface area contributed by atoms with Gasteiger partial charge in [-0.1, -0.05) is 12.1 Å². The van der Waals surface area contributed by atoms with Crippen molar-refractivity contribution in [2.75, 3.05) is 19.7 Å². The van der Waals surface area contributed by atoms with E-state index in [1.54, 1.807) is 9.58 Å². The molecule has 1 aliphatic heterocycles. The minimum absolute atomic E-state index is 0.00431. The number of piperidine rings is 1. The number of aromatic carboxylic acids is 1. The first kappa shape index (κ1) is 17.0. The predicted octanol–water partition coefficient (Wildman–Crippen LogP) is 2.13. The Bertz CT molecular complexity index is 771. The summed E-state index contributed by atoms with van der Waals surface area (Å²) in [6, 6.07) is 7.58. The maximum absolute atomic E-state index is 12.4. The van der Waals surface area contributed by atoms with E-state index in [0.717, 1.165) is 18.4 Å². The van der Waals surface area contributed by atoms with Gasteiger partial charge in [0.05, 0.1) is 17.8 Å². The Labute approximate surface area is 145 Å². The van der Waals surface area contributed by atoms with Gasteiger partial charge in [-0.05, 0) is 37.5 Å². The molecule has 1 aromatic carbocycles. The number of aryl methyl sites for hydroxylation is 1. The molecule has 2 heterocycles. The van der Waals surface area contributed by atoms with E-state index in [9.17, 15) is 9.59 Å². The zero-order valence-electron chi connectivity index (χ0n) is 14.1. The van der Waals surface area contributed by atoms with E-state index in [0.29, 0.717) is 18.8 Å². The number of amides is 1. The summed E-state index contributed by atoms with van der Waals surface area (Å²) in [7, 11) is 0. The molecule has 2 aromatic rings. The van der Waals surface area contributed by atoms with Crippen LogP contribution in [-0.4, -0.2) is 51.4 Å². The first-order chi connectivity index (χ1) is 12.0. The highest BCUT2D eigenvalue weighted by atomic mass is 16.5. The molecular formula is C18H21N3O4. The Kier molecular flexibility index (Phi) is 5.02. The molecule has 7 nitrogen and oxygen atoms in total. The molecule has 0 bridgehead atoms. The van der Waals surface area contributed by atoms with Gasteiger partial charge >= 0.3 is 5.97 Å². The molecule has 25 heavy (non-hydrogen) atoms. The number of carboxylic acid groups (broad SMARTS) is 1. The van der Waals surface area contributed by atoms with E-state index in [1.807, 2.05) is 31.2 Å². The molecule has 0 radical (unpaired) electrons. The molecule has 1 aromatic heterocycles. The molecule has 1 aliphatic rings. The first-order valence-electron chi connectivity index (χ1n) is 8.27. The predicted molar refractivity (Wildman–Crippen MR) is 90.7 cm³/mol. The molecule has 0 spiro atoms. The SMILES string of the molecule is Cc1cccc(OCC(=O)N2CCC[C@@H](n3cc(C(=O)O)cn3)C2)c1. The van der Waals surface area contributed by atoms with E-state index in [-0.39, 0.29) is 24.1 Å². The largest absolute Gasteiger partial charge is 0.484 e. The smallest absolute Gasteiger partial charge is 0.338 e. The fraction of sp³-hybridized carbons (Fsp3) is 0.389. The first-order valence-corrected chi connectivity index (χ1v) is 8.27. The Morgan fingerprint density at radius 3 is 2.96 bits per heavy atom. The van der Waals surface area contributed by atoms with Crippen LogP contribution in [0.15, 0.2) is 36.7 Å². The van der Waals surface area contributed by atoms with Crippen molar-refractivity contribution in [3.05, 3.63) is 47.8 Å². The number of nitrogens with zero attached hydrogens (tertiary/aromatic N) is 3. The van der Waals surface area contributed by atoms with Crippen LogP contribution in [0.5, 0.6) is 5.75 Å². The molecule has 1 saturated heterocycles. The minimum atomic E-state index is -0.999. The van der Waals surface area contributed by atoms with Crippen LogP contribution in [0.1, 0.15) is 34.8 Å². The van der Waals surface area contributed by atoms with Gasteiger partial charge in [0.1, 0.15) is 5.75 Å². The second-order valence-corrected chi connectivity index (χ2v) is 6.26. The topological polar surface area (TPSA) is 84.7 Å². The van der Waals surface area contributed by atoms with Crippen LogP contribution in [0.3, 0.4) is 0 Å². The third-order valence-corrected chi connectivity index (χ3v) is 4.32. The molecule has 3 rings (SSSR count). The lowest BCUT2D eigenvalue weighted by Crippen LogP contribution is -2.43. The quantitative estimate of drug-likeness (QED) is 0.899. The number of benzene rings is 1. The van der Waals surface area contributed by atoms with Gasteiger partial charge in [0.25, 0.3) is 5.91 Å². The highest BCUT2D eigenvalue weighted by Crippen LogP contribution is 2.22. The Morgan fingerprint density at radius 2 is 2.24 bits per heavy atom. The van der Waals surface area contributed by atoms with Gasteiger partial charge in [0.2, 0.25) is 0 Å². The summed E-state index contributed by atoms with van der Waals surface area (Å²) in [6.07, 6.45) is 4.57.